The van der Waals surface area contributed by atoms with Crippen LogP contribution in [-0.2, 0) is 9.84 Å². The summed E-state index contributed by atoms with van der Waals surface area (Å²) in [7, 11) is -2.94. The first-order chi connectivity index (χ1) is 7.99. The van der Waals surface area contributed by atoms with E-state index in [1.807, 2.05) is 25.1 Å². The van der Waals surface area contributed by atoms with E-state index in [1.165, 1.54) is 0 Å². The van der Waals surface area contributed by atoms with Crippen molar-refractivity contribution >= 4 is 9.84 Å². The Hall–Kier alpha value is -0.940. The highest BCUT2D eigenvalue weighted by atomic mass is 32.2. The van der Waals surface area contributed by atoms with Crippen LogP contribution in [0.3, 0.4) is 0 Å². The molecule has 1 N–H and O–H groups in total. The molecule has 5 heteroatoms. The van der Waals surface area contributed by atoms with Crippen LogP contribution < -0.4 is 0 Å². The van der Waals surface area contributed by atoms with Crippen LogP contribution in [0.25, 0.3) is 0 Å². The van der Waals surface area contributed by atoms with Crippen LogP contribution in [0.1, 0.15) is 25.0 Å². The minimum absolute atomic E-state index is 0.103. The number of aliphatic hydroxyl groups is 1. The minimum Gasteiger partial charge on any atom is -0.392 e. The van der Waals surface area contributed by atoms with Crippen molar-refractivity contribution in [3.05, 3.63) is 30.1 Å². The number of aliphatic hydroxyl groups excluding tert-OH is 1. The number of aromatic nitrogens is 1. The third-order valence-electron chi connectivity index (χ3n) is 3.42. The molecule has 0 spiro atoms. The van der Waals surface area contributed by atoms with Crippen LogP contribution in [0, 0.1) is 5.92 Å². The fourth-order valence-electron chi connectivity index (χ4n) is 2.32. The molecule has 0 amide bonds. The summed E-state index contributed by atoms with van der Waals surface area (Å²) in [5.41, 5.74) is 0.810. The second-order valence-corrected chi connectivity index (χ2v) is 6.93. The van der Waals surface area contributed by atoms with E-state index in [1.54, 1.807) is 6.20 Å². The van der Waals surface area contributed by atoms with E-state index >= 15 is 0 Å². The van der Waals surface area contributed by atoms with Gasteiger partial charge in [0, 0.05) is 23.7 Å². The van der Waals surface area contributed by atoms with Gasteiger partial charge in [-0.3, -0.25) is 4.98 Å². The molecule has 1 aromatic heterocycles. The van der Waals surface area contributed by atoms with Crippen molar-refractivity contribution in [3.63, 3.8) is 0 Å². The summed E-state index contributed by atoms with van der Waals surface area (Å²) in [5.74, 6) is 0.0150. The van der Waals surface area contributed by atoms with Gasteiger partial charge in [0.05, 0.1) is 17.6 Å². The van der Waals surface area contributed by atoms with E-state index in [2.05, 4.69) is 4.98 Å². The summed E-state index contributed by atoms with van der Waals surface area (Å²) in [6.45, 7) is 1.89. The zero-order valence-electron chi connectivity index (χ0n) is 9.78. The van der Waals surface area contributed by atoms with Gasteiger partial charge in [-0.1, -0.05) is 13.0 Å². The van der Waals surface area contributed by atoms with Gasteiger partial charge in [0.25, 0.3) is 0 Å². The third kappa shape index (κ3) is 2.84. The first-order valence-electron chi connectivity index (χ1n) is 5.79. The van der Waals surface area contributed by atoms with Gasteiger partial charge in [-0.05, 0) is 18.6 Å². The van der Waals surface area contributed by atoms with Crippen LogP contribution in [0.15, 0.2) is 24.4 Å². The molecule has 94 valence electrons. The lowest BCUT2D eigenvalue weighted by atomic mass is 9.89. The summed E-state index contributed by atoms with van der Waals surface area (Å²) < 4.78 is 22.8. The minimum atomic E-state index is -2.94. The van der Waals surface area contributed by atoms with Gasteiger partial charge < -0.3 is 5.11 Å². The Bertz CT molecular complexity index is 472. The van der Waals surface area contributed by atoms with Crippen molar-refractivity contribution in [1.82, 2.24) is 4.98 Å². The summed E-state index contributed by atoms with van der Waals surface area (Å²) in [4.78, 5) is 4.20. The van der Waals surface area contributed by atoms with E-state index in [-0.39, 0.29) is 23.3 Å². The Labute approximate surface area is 102 Å². The van der Waals surface area contributed by atoms with Crippen LogP contribution in [0.5, 0.6) is 0 Å². The molecule has 17 heavy (non-hydrogen) atoms. The van der Waals surface area contributed by atoms with Gasteiger partial charge in [0.2, 0.25) is 0 Å². The Balaban J connectivity index is 2.08. The molecule has 3 unspecified atom stereocenters. The van der Waals surface area contributed by atoms with Crippen LogP contribution >= 0.6 is 0 Å². The van der Waals surface area contributed by atoms with Crippen LogP contribution in [0.4, 0.5) is 0 Å². The SMILES string of the molecule is CC(c1ccccn1)C(O)C1CCS(=O)(=O)C1. The lowest BCUT2D eigenvalue weighted by molar-refractivity contribution is 0.0954. The molecule has 3 atom stereocenters. The zero-order valence-corrected chi connectivity index (χ0v) is 10.6. The smallest absolute Gasteiger partial charge is 0.150 e. The van der Waals surface area contributed by atoms with Gasteiger partial charge in [-0.2, -0.15) is 0 Å². The molecule has 0 bridgehead atoms. The number of hydrogen-bond acceptors (Lipinski definition) is 4. The Morgan fingerprint density at radius 3 is 2.76 bits per heavy atom. The molecule has 2 heterocycles. The fraction of sp³-hybridized carbons (Fsp3) is 0.583. The second-order valence-electron chi connectivity index (χ2n) is 4.70. The van der Waals surface area contributed by atoms with Gasteiger partial charge in [-0.15, -0.1) is 0 Å². The van der Waals surface area contributed by atoms with Crippen LogP contribution in [-0.4, -0.2) is 36.1 Å². The van der Waals surface area contributed by atoms with Crippen molar-refractivity contribution in [3.8, 4) is 0 Å². The number of pyridine rings is 1. The summed E-state index contributed by atoms with van der Waals surface area (Å²) in [5, 5.41) is 10.2. The maximum atomic E-state index is 11.4. The van der Waals surface area contributed by atoms with E-state index in [0.717, 1.165) is 5.69 Å². The number of rotatable bonds is 3. The lowest BCUT2D eigenvalue weighted by Gasteiger charge is -2.23. The first-order valence-corrected chi connectivity index (χ1v) is 7.61. The number of hydrogen-bond donors (Lipinski definition) is 1. The summed E-state index contributed by atoms with van der Waals surface area (Å²) in [6.07, 6.45) is 1.60. The van der Waals surface area contributed by atoms with E-state index < -0.39 is 15.9 Å². The fourth-order valence-corrected chi connectivity index (χ4v) is 4.17. The van der Waals surface area contributed by atoms with Crippen molar-refractivity contribution in [2.45, 2.75) is 25.4 Å². The van der Waals surface area contributed by atoms with Gasteiger partial charge in [0.1, 0.15) is 0 Å². The van der Waals surface area contributed by atoms with Crippen molar-refractivity contribution in [1.29, 1.82) is 0 Å². The molecule has 0 aliphatic carbocycles. The van der Waals surface area contributed by atoms with Crippen molar-refractivity contribution in [2.75, 3.05) is 11.5 Å². The number of sulfone groups is 1. The van der Waals surface area contributed by atoms with Crippen LogP contribution in [0.2, 0.25) is 0 Å². The molecule has 0 aromatic carbocycles. The second kappa shape index (κ2) is 4.74. The first kappa shape index (κ1) is 12.5. The highest BCUT2D eigenvalue weighted by Crippen LogP contribution is 2.29. The number of nitrogens with zero attached hydrogens (tertiary/aromatic N) is 1. The predicted molar refractivity (Wildman–Crippen MR) is 65.4 cm³/mol. The molecule has 1 aromatic rings. The van der Waals surface area contributed by atoms with E-state index in [9.17, 15) is 13.5 Å². The average Bonchev–Trinajstić information content (AvgIpc) is 2.69. The standard InChI is InChI=1S/C12H17NO3S/c1-9(11-4-2-3-6-13-11)12(14)10-5-7-17(15,16)8-10/h2-4,6,9-10,12,14H,5,7-8H2,1H3. The molecular weight excluding hydrogens is 238 g/mol. The normalized spacial score (nSPS) is 26.6. The maximum absolute atomic E-state index is 11.4. The average molecular weight is 255 g/mol. The largest absolute Gasteiger partial charge is 0.392 e. The predicted octanol–water partition coefficient (Wildman–Crippen LogP) is 0.981. The topological polar surface area (TPSA) is 67.3 Å². The molecule has 1 aliphatic rings. The van der Waals surface area contributed by atoms with Gasteiger partial charge in [-0.25, -0.2) is 8.42 Å². The Kier molecular flexibility index (Phi) is 3.49. The monoisotopic (exact) mass is 255 g/mol. The maximum Gasteiger partial charge on any atom is 0.150 e. The molecule has 1 saturated heterocycles. The highest BCUT2D eigenvalue weighted by Gasteiger charge is 2.35. The quantitative estimate of drug-likeness (QED) is 0.874. The third-order valence-corrected chi connectivity index (χ3v) is 5.21. The summed E-state index contributed by atoms with van der Waals surface area (Å²) in [6, 6.07) is 5.55. The molecule has 0 saturated carbocycles. The molecule has 1 fully saturated rings. The highest BCUT2D eigenvalue weighted by molar-refractivity contribution is 7.91. The molecule has 2 rings (SSSR count). The van der Waals surface area contributed by atoms with E-state index in [0.29, 0.717) is 6.42 Å². The molecule has 1 aliphatic heterocycles. The Morgan fingerprint density at radius 2 is 2.24 bits per heavy atom. The van der Waals surface area contributed by atoms with Crippen molar-refractivity contribution in [2.24, 2.45) is 5.92 Å². The molecule has 4 nitrogen and oxygen atoms in total. The molecular formula is C12H17NO3S. The summed E-state index contributed by atoms with van der Waals surface area (Å²) >= 11 is 0. The van der Waals surface area contributed by atoms with Gasteiger partial charge >= 0.3 is 0 Å². The zero-order chi connectivity index (χ0) is 12.5. The van der Waals surface area contributed by atoms with Crippen molar-refractivity contribution < 1.29 is 13.5 Å². The lowest BCUT2D eigenvalue weighted by Crippen LogP contribution is -2.27. The molecule has 0 radical (unpaired) electrons. The van der Waals surface area contributed by atoms with Gasteiger partial charge in [0.15, 0.2) is 9.84 Å². The Morgan fingerprint density at radius 1 is 1.47 bits per heavy atom. The van der Waals surface area contributed by atoms with E-state index in [4.69, 9.17) is 0 Å².